The van der Waals surface area contributed by atoms with Crippen LogP contribution in [0.2, 0.25) is 0 Å². The molecule has 1 aromatic heterocycles. The summed E-state index contributed by atoms with van der Waals surface area (Å²) >= 11 is 0. The highest BCUT2D eigenvalue weighted by Gasteiger charge is 2.41. The maximum absolute atomic E-state index is 14.3. The third-order valence-electron chi connectivity index (χ3n) is 8.52. The molecule has 3 atom stereocenters. The van der Waals surface area contributed by atoms with Crippen LogP contribution >= 0.6 is 0 Å². The van der Waals surface area contributed by atoms with Gasteiger partial charge in [0.1, 0.15) is 12.0 Å². The van der Waals surface area contributed by atoms with Gasteiger partial charge in [-0.1, -0.05) is 30.3 Å². The summed E-state index contributed by atoms with van der Waals surface area (Å²) in [4.78, 5) is 16.5. The molecule has 0 aliphatic carbocycles. The van der Waals surface area contributed by atoms with Crippen molar-refractivity contribution < 1.29 is 9.13 Å². The molecule has 2 bridgehead atoms. The number of nitrogens with zero attached hydrogens (tertiary/aromatic N) is 5. The van der Waals surface area contributed by atoms with E-state index in [-0.39, 0.29) is 12.1 Å². The molecule has 0 spiro atoms. The van der Waals surface area contributed by atoms with Crippen LogP contribution in [-0.2, 0) is 13.0 Å². The normalized spacial score (nSPS) is 24.8. The molecule has 1 N–H and O–H groups in total. The van der Waals surface area contributed by atoms with Gasteiger partial charge in [-0.2, -0.15) is 9.97 Å². The summed E-state index contributed by atoms with van der Waals surface area (Å²) < 4.78 is 19.8. The summed E-state index contributed by atoms with van der Waals surface area (Å²) in [5, 5.41) is 5.95. The van der Waals surface area contributed by atoms with Gasteiger partial charge in [-0.25, -0.2) is 4.39 Å². The van der Waals surface area contributed by atoms with E-state index in [9.17, 15) is 4.39 Å². The lowest BCUT2D eigenvalue weighted by atomic mass is 9.99. The first kappa shape index (κ1) is 25.3. The molecular formula is C30H39FN6O. The largest absolute Gasteiger partial charge is 0.467 e. The molecule has 4 aliphatic rings. The number of methoxy groups -OCH3 is 1. The monoisotopic (exact) mass is 518 g/mol. The van der Waals surface area contributed by atoms with Crippen molar-refractivity contribution in [3.63, 3.8) is 0 Å². The minimum Gasteiger partial charge on any atom is -0.467 e. The SMILES string of the molecule is CN1CCCC1.COc1nc2c(c(N3CC4CC(F)C(C3)N4)n1)CCN(c1cccc3cccc(C)c13)C2. The molecule has 4 aliphatic heterocycles. The maximum atomic E-state index is 14.3. The number of fused-ring (bicyclic) bond motifs is 4. The van der Waals surface area contributed by atoms with Crippen molar-refractivity contribution in [2.24, 2.45) is 0 Å². The van der Waals surface area contributed by atoms with E-state index in [1.165, 1.54) is 53.5 Å². The predicted octanol–water partition coefficient (Wildman–Crippen LogP) is 4.11. The summed E-state index contributed by atoms with van der Waals surface area (Å²) in [6.45, 7) is 7.82. The fourth-order valence-corrected chi connectivity index (χ4v) is 6.55. The summed E-state index contributed by atoms with van der Waals surface area (Å²) in [5.41, 5.74) is 4.70. The number of aromatic nitrogens is 2. The fourth-order valence-electron chi connectivity index (χ4n) is 6.55. The minimum atomic E-state index is -0.783. The number of ether oxygens (including phenoxy) is 1. The second-order valence-corrected chi connectivity index (χ2v) is 11.2. The van der Waals surface area contributed by atoms with Crippen molar-refractivity contribution in [2.45, 2.75) is 57.4 Å². The molecule has 3 fully saturated rings. The number of likely N-dealkylation sites (tertiary alicyclic amines) is 1. The molecule has 0 radical (unpaired) electrons. The van der Waals surface area contributed by atoms with Gasteiger partial charge in [0.2, 0.25) is 0 Å². The number of anilines is 2. The minimum absolute atomic E-state index is 0.121. The second kappa shape index (κ2) is 10.7. The van der Waals surface area contributed by atoms with E-state index in [4.69, 9.17) is 14.7 Å². The Labute approximate surface area is 225 Å². The lowest BCUT2D eigenvalue weighted by Crippen LogP contribution is -2.53. The first-order valence-electron chi connectivity index (χ1n) is 14.0. The standard InChI is InChI=1S/C25H28FN5O.C5H11N/c1-15-5-3-6-16-7-4-8-22(23(15)16)30-10-9-18-20(13-30)28-25(32-2)29-24(18)31-12-17-11-19(26)21(14-31)27-17;1-6-4-2-3-5-6/h3-8,17,19,21,27H,9-14H2,1-2H3;2-5H2,1H3. The van der Waals surface area contributed by atoms with E-state index in [1.54, 1.807) is 7.11 Å². The Morgan fingerprint density at radius 3 is 2.50 bits per heavy atom. The van der Waals surface area contributed by atoms with Gasteiger partial charge in [0.05, 0.1) is 25.4 Å². The number of piperazine rings is 1. The highest BCUT2D eigenvalue weighted by Crippen LogP contribution is 2.36. The first-order valence-corrected chi connectivity index (χ1v) is 14.0. The third kappa shape index (κ3) is 4.92. The molecule has 202 valence electrons. The molecule has 7 nitrogen and oxygen atoms in total. The molecule has 2 aromatic carbocycles. The van der Waals surface area contributed by atoms with Crippen molar-refractivity contribution in [1.29, 1.82) is 0 Å². The second-order valence-electron chi connectivity index (χ2n) is 11.2. The van der Waals surface area contributed by atoms with Crippen molar-refractivity contribution in [1.82, 2.24) is 20.2 Å². The lowest BCUT2D eigenvalue weighted by molar-refractivity contribution is 0.303. The number of benzene rings is 2. The van der Waals surface area contributed by atoms with E-state index < -0.39 is 6.17 Å². The quantitative estimate of drug-likeness (QED) is 0.560. The Morgan fingerprint density at radius 1 is 1.00 bits per heavy atom. The van der Waals surface area contributed by atoms with E-state index in [2.05, 4.69) is 70.4 Å². The van der Waals surface area contributed by atoms with Gasteiger partial charge < -0.3 is 24.8 Å². The third-order valence-corrected chi connectivity index (χ3v) is 8.52. The lowest BCUT2D eigenvalue weighted by Gasteiger charge is -2.37. The number of aryl methyl sites for hydroxylation is 1. The Bertz CT molecular complexity index is 1290. The number of hydrogen-bond acceptors (Lipinski definition) is 7. The molecule has 3 saturated heterocycles. The number of halogens is 1. The van der Waals surface area contributed by atoms with E-state index >= 15 is 0 Å². The number of nitrogens with one attached hydrogen (secondary N) is 1. The van der Waals surface area contributed by atoms with Gasteiger partial charge in [-0.15, -0.1) is 0 Å². The molecule has 3 unspecified atom stereocenters. The smallest absolute Gasteiger partial charge is 0.318 e. The zero-order valence-corrected chi connectivity index (χ0v) is 22.8. The predicted molar refractivity (Wildman–Crippen MR) is 151 cm³/mol. The number of alkyl halides is 1. The summed E-state index contributed by atoms with van der Waals surface area (Å²) in [7, 11) is 3.78. The number of rotatable bonds is 3. The highest BCUT2D eigenvalue weighted by atomic mass is 19.1. The van der Waals surface area contributed by atoms with E-state index in [1.807, 2.05) is 0 Å². The van der Waals surface area contributed by atoms with Crippen LogP contribution in [0.5, 0.6) is 6.01 Å². The maximum Gasteiger partial charge on any atom is 0.318 e. The summed E-state index contributed by atoms with van der Waals surface area (Å²) in [6.07, 6.45) is 3.48. The molecular weight excluding hydrogens is 479 g/mol. The van der Waals surface area contributed by atoms with Gasteiger partial charge in [0.25, 0.3) is 0 Å². The van der Waals surface area contributed by atoms with Gasteiger partial charge in [-0.05, 0) is 69.8 Å². The van der Waals surface area contributed by atoms with Crippen LogP contribution < -0.4 is 19.9 Å². The number of hydrogen-bond donors (Lipinski definition) is 1. The van der Waals surface area contributed by atoms with Crippen molar-refractivity contribution in [2.75, 3.05) is 56.7 Å². The first-order chi connectivity index (χ1) is 18.5. The van der Waals surface area contributed by atoms with Crippen molar-refractivity contribution in [3.8, 4) is 6.01 Å². The fraction of sp³-hybridized carbons (Fsp3) is 0.533. The van der Waals surface area contributed by atoms with Gasteiger partial charge >= 0.3 is 6.01 Å². The molecule has 3 aromatic rings. The topological polar surface area (TPSA) is 56.8 Å². The molecule has 0 saturated carbocycles. The van der Waals surface area contributed by atoms with Crippen molar-refractivity contribution >= 4 is 22.3 Å². The van der Waals surface area contributed by atoms with Crippen LogP contribution in [-0.4, -0.2) is 80.0 Å². The van der Waals surface area contributed by atoms with E-state index in [0.717, 1.165) is 31.0 Å². The average molecular weight is 519 g/mol. The Kier molecular flexibility index (Phi) is 7.10. The van der Waals surface area contributed by atoms with Crippen LogP contribution in [0, 0.1) is 6.92 Å². The Hall–Kier alpha value is -2.97. The Balaban J connectivity index is 0.000000390. The highest BCUT2D eigenvalue weighted by molar-refractivity contribution is 5.97. The zero-order chi connectivity index (χ0) is 26.2. The average Bonchev–Trinajstić information content (AvgIpc) is 3.52. The van der Waals surface area contributed by atoms with Crippen LogP contribution in [0.4, 0.5) is 15.9 Å². The summed E-state index contributed by atoms with van der Waals surface area (Å²) in [6, 6.07) is 13.4. The zero-order valence-electron chi connectivity index (χ0n) is 22.8. The van der Waals surface area contributed by atoms with Gasteiger partial charge in [0.15, 0.2) is 0 Å². The van der Waals surface area contributed by atoms with Gasteiger partial charge in [0, 0.05) is 42.3 Å². The van der Waals surface area contributed by atoms with Crippen LogP contribution in [0.3, 0.4) is 0 Å². The Morgan fingerprint density at radius 2 is 1.79 bits per heavy atom. The summed E-state index contributed by atoms with van der Waals surface area (Å²) in [5.74, 6) is 0.922. The van der Waals surface area contributed by atoms with Crippen LogP contribution in [0.1, 0.15) is 36.1 Å². The van der Waals surface area contributed by atoms with Gasteiger partial charge in [-0.3, -0.25) is 0 Å². The molecule has 8 heteroatoms. The molecule has 5 heterocycles. The van der Waals surface area contributed by atoms with Crippen LogP contribution in [0.25, 0.3) is 10.8 Å². The molecule has 38 heavy (non-hydrogen) atoms. The molecule has 0 amide bonds. The van der Waals surface area contributed by atoms with Crippen molar-refractivity contribution in [3.05, 3.63) is 53.2 Å². The van der Waals surface area contributed by atoms with Crippen LogP contribution in [0.15, 0.2) is 36.4 Å². The van der Waals surface area contributed by atoms with E-state index in [0.29, 0.717) is 25.5 Å². The molecule has 7 rings (SSSR count).